The first-order chi connectivity index (χ1) is 14.3. The van der Waals surface area contributed by atoms with E-state index in [1.54, 1.807) is 32.0 Å². The predicted molar refractivity (Wildman–Crippen MR) is 111 cm³/mol. The quantitative estimate of drug-likeness (QED) is 0.569. The lowest BCUT2D eigenvalue weighted by atomic mass is 9.78. The number of carbonyl (C=O) groups excluding carboxylic acids is 2. The van der Waals surface area contributed by atoms with Crippen molar-refractivity contribution in [2.45, 2.75) is 57.0 Å². The molecule has 1 fully saturated rings. The van der Waals surface area contributed by atoms with Crippen LogP contribution in [0.4, 0.5) is 21.8 Å². The fourth-order valence-electron chi connectivity index (χ4n) is 3.97. The number of hydrogen-bond donors (Lipinski definition) is 4. The summed E-state index contributed by atoms with van der Waals surface area (Å²) in [7, 11) is 0. The van der Waals surface area contributed by atoms with Gasteiger partial charge in [-0.1, -0.05) is 18.9 Å². The number of amides is 2. The van der Waals surface area contributed by atoms with Crippen LogP contribution in [0.25, 0.3) is 0 Å². The SMILES string of the molecule is CC1(C)C(=O)NC(=O)c2cc(Nc3nc(N[C@@H]4CCCC[C@H]4N)ncc3F)ccc21. The van der Waals surface area contributed by atoms with Crippen LogP contribution in [0.1, 0.15) is 55.5 Å². The van der Waals surface area contributed by atoms with Crippen LogP contribution in [0.3, 0.4) is 0 Å². The Hall–Kier alpha value is -3.07. The van der Waals surface area contributed by atoms with Gasteiger partial charge >= 0.3 is 0 Å². The third-order valence-corrected chi connectivity index (χ3v) is 5.87. The number of fused-ring (bicyclic) bond motifs is 1. The Morgan fingerprint density at radius 1 is 1.23 bits per heavy atom. The molecule has 0 spiro atoms. The minimum atomic E-state index is -0.836. The van der Waals surface area contributed by atoms with E-state index in [9.17, 15) is 14.0 Å². The summed E-state index contributed by atoms with van der Waals surface area (Å²) in [6, 6.07) is 5.04. The highest BCUT2D eigenvalue weighted by Gasteiger charge is 2.39. The molecule has 2 amide bonds. The Labute approximate surface area is 173 Å². The summed E-state index contributed by atoms with van der Waals surface area (Å²) in [6.45, 7) is 3.50. The number of carbonyl (C=O) groups is 2. The number of nitrogens with two attached hydrogens (primary N) is 1. The zero-order valence-corrected chi connectivity index (χ0v) is 17.0. The molecule has 1 saturated carbocycles. The van der Waals surface area contributed by atoms with Crippen molar-refractivity contribution in [3.05, 3.63) is 41.3 Å². The highest BCUT2D eigenvalue weighted by Crippen LogP contribution is 2.33. The topological polar surface area (TPSA) is 122 Å². The molecule has 9 heteroatoms. The minimum Gasteiger partial charge on any atom is -0.350 e. The number of nitrogens with zero attached hydrogens (tertiary/aromatic N) is 2. The van der Waals surface area contributed by atoms with Gasteiger partial charge in [0.15, 0.2) is 11.6 Å². The maximum atomic E-state index is 14.3. The van der Waals surface area contributed by atoms with E-state index in [4.69, 9.17) is 5.73 Å². The van der Waals surface area contributed by atoms with Crippen LogP contribution < -0.4 is 21.7 Å². The van der Waals surface area contributed by atoms with E-state index in [1.807, 2.05) is 0 Å². The van der Waals surface area contributed by atoms with Crippen molar-refractivity contribution in [2.24, 2.45) is 5.73 Å². The monoisotopic (exact) mass is 412 g/mol. The lowest BCUT2D eigenvalue weighted by Crippen LogP contribution is -2.48. The number of imide groups is 1. The van der Waals surface area contributed by atoms with Gasteiger partial charge in [0.05, 0.1) is 11.6 Å². The molecule has 2 heterocycles. The minimum absolute atomic E-state index is 0.00837. The molecule has 5 N–H and O–H groups in total. The molecular formula is C21H25FN6O2. The van der Waals surface area contributed by atoms with Gasteiger partial charge in [-0.05, 0) is 44.4 Å². The second kappa shape index (κ2) is 7.64. The number of anilines is 3. The Kier molecular flexibility index (Phi) is 5.15. The average molecular weight is 412 g/mol. The van der Waals surface area contributed by atoms with Gasteiger partial charge in [0.1, 0.15) is 0 Å². The molecule has 1 aliphatic heterocycles. The fraction of sp³-hybridized carbons (Fsp3) is 0.429. The second-order valence-electron chi connectivity index (χ2n) is 8.38. The normalized spacial score (nSPS) is 22.8. The molecule has 8 nitrogen and oxygen atoms in total. The van der Waals surface area contributed by atoms with Crippen LogP contribution in [0.2, 0.25) is 0 Å². The van der Waals surface area contributed by atoms with Crippen molar-refractivity contribution in [3.63, 3.8) is 0 Å². The van der Waals surface area contributed by atoms with E-state index in [2.05, 4.69) is 25.9 Å². The third-order valence-electron chi connectivity index (χ3n) is 5.87. The van der Waals surface area contributed by atoms with Gasteiger partial charge in [-0.3, -0.25) is 14.9 Å². The summed E-state index contributed by atoms with van der Waals surface area (Å²) in [5.41, 5.74) is 6.79. The molecule has 0 bridgehead atoms. The molecule has 158 valence electrons. The summed E-state index contributed by atoms with van der Waals surface area (Å²) in [5, 5.41) is 8.47. The Balaban J connectivity index is 1.58. The van der Waals surface area contributed by atoms with Gasteiger partial charge in [-0.25, -0.2) is 9.37 Å². The Bertz CT molecular complexity index is 1010. The fourth-order valence-corrected chi connectivity index (χ4v) is 3.97. The molecular weight excluding hydrogens is 387 g/mol. The van der Waals surface area contributed by atoms with Crippen LogP contribution in [-0.2, 0) is 10.2 Å². The first-order valence-corrected chi connectivity index (χ1v) is 10.1. The second-order valence-corrected chi connectivity index (χ2v) is 8.38. The molecule has 4 rings (SSSR count). The number of rotatable bonds is 4. The van der Waals surface area contributed by atoms with Crippen LogP contribution >= 0.6 is 0 Å². The molecule has 2 aliphatic rings. The molecule has 1 aliphatic carbocycles. The lowest BCUT2D eigenvalue weighted by molar-refractivity contribution is -0.125. The molecule has 2 atom stereocenters. The average Bonchev–Trinajstić information content (AvgIpc) is 2.71. The van der Waals surface area contributed by atoms with Crippen LogP contribution in [0.5, 0.6) is 0 Å². The number of halogens is 1. The zero-order valence-electron chi connectivity index (χ0n) is 17.0. The van der Waals surface area contributed by atoms with Crippen LogP contribution in [-0.4, -0.2) is 33.9 Å². The highest BCUT2D eigenvalue weighted by atomic mass is 19.1. The summed E-state index contributed by atoms with van der Waals surface area (Å²) < 4.78 is 14.3. The standard InChI is InChI=1S/C21H25FN6O2/c1-21(2)13-8-7-11(9-12(13)18(29)28-19(21)30)25-17-14(22)10-24-20(27-17)26-16-6-4-3-5-15(16)23/h7-10,15-16H,3-6,23H2,1-2H3,(H,28,29,30)(H2,24,25,26,27)/t15-,16-/m1/s1. The van der Waals surface area contributed by atoms with Crippen molar-refractivity contribution >= 4 is 29.3 Å². The van der Waals surface area contributed by atoms with Crippen LogP contribution in [0, 0.1) is 5.82 Å². The smallest absolute Gasteiger partial charge is 0.258 e. The first kappa shape index (κ1) is 20.2. The van der Waals surface area contributed by atoms with Crippen molar-refractivity contribution < 1.29 is 14.0 Å². The molecule has 0 unspecified atom stereocenters. The molecule has 30 heavy (non-hydrogen) atoms. The summed E-state index contributed by atoms with van der Waals surface area (Å²) in [4.78, 5) is 32.7. The van der Waals surface area contributed by atoms with E-state index in [0.29, 0.717) is 22.8 Å². The Morgan fingerprint density at radius 3 is 2.77 bits per heavy atom. The number of aromatic nitrogens is 2. The molecule has 0 radical (unpaired) electrons. The van der Waals surface area contributed by atoms with Gasteiger partial charge in [0, 0.05) is 23.3 Å². The first-order valence-electron chi connectivity index (χ1n) is 10.1. The molecule has 0 saturated heterocycles. The highest BCUT2D eigenvalue weighted by molar-refractivity contribution is 6.13. The molecule has 2 aromatic rings. The van der Waals surface area contributed by atoms with E-state index in [-0.39, 0.29) is 23.8 Å². The summed E-state index contributed by atoms with van der Waals surface area (Å²) in [6.07, 6.45) is 5.12. The van der Waals surface area contributed by atoms with Gasteiger partial charge in [-0.15, -0.1) is 0 Å². The van der Waals surface area contributed by atoms with Gasteiger partial charge < -0.3 is 16.4 Å². The summed E-state index contributed by atoms with van der Waals surface area (Å²) in [5.74, 6) is -1.16. The van der Waals surface area contributed by atoms with Gasteiger partial charge in [0.2, 0.25) is 11.9 Å². The van der Waals surface area contributed by atoms with Crippen molar-refractivity contribution in [1.29, 1.82) is 0 Å². The van der Waals surface area contributed by atoms with Gasteiger partial charge in [0.25, 0.3) is 5.91 Å². The number of benzene rings is 1. The maximum absolute atomic E-state index is 14.3. The Morgan fingerprint density at radius 2 is 2.00 bits per heavy atom. The van der Waals surface area contributed by atoms with Crippen LogP contribution in [0.15, 0.2) is 24.4 Å². The third kappa shape index (κ3) is 3.72. The zero-order chi connectivity index (χ0) is 21.5. The predicted octanol–water partition coefficient (Wildman–Crippen LogP) is 2.59. The lowest BCUT2D eigenvalue weighted by Gasteiger charge is -2.30. The van der Waals surface area contributed by atoms with Gasteiger partial charge in [-0.2, -0.15) is 4.98 Å². The van der Waals surface area contributed by atoms with Crippen molar-refractivity contribution in [1.82, 2.24) is 15.3 Å². The van der Waals surface area contributed by atoms with Crippen molar-refractivity contribution in [3.8, 4) is 0 Å². The van der Waals surface area contributed by atoms with E-state index < -0.39 is 17.1 Å². The molecule has 1 aromatic heterocycles. The molecule has 1 aromatic carbocycles. The maximum Gasteiger partial charge on any atom is 0.258 e. The number of hydrogen-bond acceptors (Lipinski definition) is 7. The van der Waals surface area contributed by atoms with E-state index in [1.165, 1.54) is 0 Å². The largest absolute Gasteiger partial charge is 0.350 e. The van der Waals surface area contributed by atoms with E-state index >= 15 is 0 Å². The summed E-state index contributed by atoms with van der Waals surface area (Å²) >= 11 is 0. The number of nitrogens with one attached hydrogen (secondary N) is 3. The van der Waals surface area contributed by atoms with Crippen molar-refractivity contribution in [2.75, 3.05) is 10.6 Å². The van der Waals surface area contributed by atoms with E-state index in [0.717, 1.165) is 31.9 Å².